The number of likely N-dealkylation sites (tertiary alicyclic amines) is 1. The number of sulfonamides is 1. The summed E-state index contributed by atoms with van der Waals surface area (Å²) in [6.07, 6.45) is 2.63. The number of carbonyl (C=O) groups is 3. The van der Waals surface area contributed by atoms with E-state index in [0.29, 0.717) is 47.5 Å². The zero-order valence-corrected chi connectivity index (χ0v) is 35.4. The zero-order chi connectivity index (χ0) is 42.6. The maximum absolute atomic E-state index is 14.1. The van der Waals surface area contributed by atoms with Crippen molar-refractivity contribution in [3.8, 4) is 17.2 Å². The number of piperidine rings is 1. The van der Waals surface area contributed by atoms with E-state index in [0.717, 1.165) is 41.5 Å². The number of aromatic nitrogens is 1. The number of halogens is 1. The summed E-state index contributed by atoms with van der Waals surface area (Å²) in [6, 6.07) is 24.9. The van der Waals surface area contributed by atoms with Crippen molar-refractivity contribution in [2.45, 2.75) is 44.4 Å². The van der Waals surface area contributed by atoms with Gasteiger partial charge in [0.1, 0.15) is 17.2 Å². The van der Waals surface area contributed by atoms with Crippen molar-refractivity contribution in [1.82, 2.24) is 14.2 Å². The number of anilines is 3. The number of ether oxygens (including phenoxy) is 3. The SMILES string of the molecule is CCOc1ccccc1NC(=O)COc1cc(C(=O)N2CCCCC2)ccc1NC(=O)CCN(CCNc1cc(C)nc2ccc(Cl)cc12)S(=O)(=O)c1ccc(OC)cc1. The van der Waals surface area contributed by atoms with Crippen LogP contribution in [0.5, 0.6) is 17.2 Å². The van der Waals surface area contributed by atoms with Crippen molar-refractivity contribution in [2.75, 3.05) is 69.0 Å². The summed E-state index contributed by atoms with van der Waals surface area (Å²) < 4.78 is 46.2. The molecule has 6 rings (SSSR count). The first-order valence-corrected chi connectivity index (χ1v) is 21.6. The Labute approximate surface area is 355 Å². The highest BCUT2D eigenvalue weighted by Gasteiger charge is 2.26. The molecule has 14 nitrogen and oxygen atoms in total. The summed E-state index contributed by atoms with van der Waals surface area (Å²) in [4.78, 5) is 46.6. The van der Waals surface area contributed by atoms with Crippen LogP contribution in [0.2, 0.25) is 5.02 Å². The number of hydrogen-bond acceptors (Lipinski definition) is 10. The van der Waals surface area contributed by atoms with Gasteiger partial charge < -0.3 is 35.1 Å². The van der Waals surface area contributed by atoms with Gasteiger partial charge in [-0.1, -0.05) is 23.7 Å². The average molecular weight is 857 g/mol. The van der Waals surface area contributed by atoms with Crippen LogP contribution in [0.1, 0.15) is 48.7 Å². The van der Waals surface area contributed by atoms with Gasteiger partial charge in [0.25, 0.3) is 11.8 Å². The lowest BCUT2D eigenvalue weighted by Crippen LogP contribution is -2.37. The quantitative estimate of drug-likeness (QED) is 0.0809. The monoisotopic (exact) mass is 856 g/mol. The molecule has 0 unspecified atom stereocenters. The van der Waals surface area contributed by atoms with Gasteiger partial charge in [0, 0.05) is 66.5 Å². The van der Waals surface area contributed by atoms with E-state index in [-0.39, 0.29) is 48.3 Å². The van der Waals surface area contributed by atoms with Gasteiger partial charge >= 0.3 is 0 Å². The molecule has 16 heteroatoms. The van der Waals surface area contributed by atoms with E-state index in [1.807, 2.05) is 26.0 Å². The van der Waals surface area contributed by atoms with Crippen LogP contribution >= 0.6 is 11.6 Å². The zero-order valence-electron chi connectivity index (χ0n) is 33.8. The number of pyridine rings is 1. The maximum atomic E-state index is 14.1. The van der Waals surface area contributed by atoms with Crippen molar-refractivity contribution in [3.63, 3.8) is 0 Å². The van der Waals surface area contributed by atoms with Crippen molar-refractivity contribution in [2.24, 2.45) is 0 Å². The topological polar surface area (TPSA) is 168 Å². The minimum Gasteiger partial charge on any atom is -0.497 e. The molecule has 60 heavy (non-hydrogen) atoms. The molecule has 1 saturated heterocycles. The number of benzene rings is 4. The molecule has 0 aliphatic carbocycles. The standard InChI is InChI=1S/C44H49ClN6O8S/c1-4-58-40-11-7-6-10-37(40)49-43(53)29-59-41-27-31(44(54)50-22-8-5-9-23-50)12-18-38(41)48-42(52)20-24-51(60(55,56)34-16-14-33(57-3)15-17-34)25-21-46-39-26-30(2)47-36-19-13-32(45)28-35(36)39/h6-7,10-19,26-28H,4-5,8-9,20-25,29H2,1-3H3,(H,46,47)(H,48,52)(H,49,53). The highest BCUT2D eigenvalue weighted by Crippen LogP contribution is 2.30. The summed E-state index contributed by atoms with van der Waals surface area (Å²) in [6.45, 7) is 4.97. The highest BCUT2D eigenvalue weighted by molar-refractivity contribution is 7.89. The van der Waals surface area contributed by atoms with E-state index in [9.17, 15) is 22.8 Å². The molecular formula is C44H49ClN6O8S. The Morgan fingerprint density at radius 1 is 0.817 bits per heavy atom. The number of fused-ring (bicyclic) bond motifs is 1. The normalized spacial score (nSPS) is 12.8. The van der Waals surface area contributed by atoms with Crippen LogP contribution in [0.15, 0.2) is 95.9 Å². The molecule has 0 spiro atoms. The molecule has 3 N–H and O–H groups in total. The fourth-order valence-electron chi connectivity index (χ4n) is 6.82. The summed E-state index contributed by atoms with van der Waals surface area (Å²) in [5.41, 5.74) is 3.26. The summed E-state index contributed by atoms with van der Waals surface area (Å²) in [5, 5.41) is 10.3. The Morgan fingerprint density at radius 2 is 1.55 bits per heavy atom. The van der Waals surface area contributed by atoms with E-state index in [2.05, 4.69) is 20.9 Å². The number of nitrogens with one attached hydrogen (secondary N) is 3. The minimum atomic E-state index is -4.09. The van der Waals surface area contributed by atoms with Gasteiger partial charge in [-0.3, -0.25) is 19.4 Å². The van der Waals surface area contributed by atoms with Crippen molar-refractivity contribution in [3.05, 3.63) is 107 Å². The first-order valence-electron chi connectivity index (χ1n) is 19.8. The number of nitrogens with zero attached hydrogens (tertiary/aromatic N) is 3. The van der Waals surface area contributed by atoms with Crippen LogP contribution in [0.4, 0.5) is 17.1 Å². The average Bonchev–Trinajstić information content (AvgIpc) is 3.25. The number of aryl methyl sites for hydroxylation is 1. The largest absolute Gasteiger partial charge is 0.497 e. The van der Waals surface area contributed by atoms with Crippen molar-refractivity contribution in [1.29, 1.82) is 0 Å². The van der Waals surface area contributed by atoms with Gasteiger partial charge in [0.2, 0.25) is 15.9 Å². The van der Waals surface area contributed by atoms with Gasteiger partial charge in [0.15, 0.2) is 6.61 Å². The molecule has 1 aliphatic heterocycles. The Bertz CT molecular complexity index is 2430. The summed E-state index contributed by atoms with van der Waals surface area (Å²) in [5.74, 6) is -0.0869. The van der Waals surface area contributed by atoms with E-state index in [4.69, 9.17) is 25.8 Å². The lowest BCUT2D eigenvalue weighted by Gasteiger charge is -2.27. The fourth-order valence-corrected chi connectivity index (χ4v) is 8.43. The van der Waals surface area contributed by atoms with Crippen molar-refractivity contribution >= 4 is 67.3 Å². The molecule has 2 heterocycles. The number of carbonyl (C=O) groups excluding carboxylic acids is 3. The van der Waals surface area contributed by atoms with Crippen LogP contribution in [-0.2, 0) is 19.6 Å². The molecule has 1 fully saturated rings. The van der Waals surface area contributed by atoms with Gasteiger partial charge in [-0.05, 0) is 112 Å². The molecule has 1 aromatic heterocycles. The predicted octanol–water partition coefficient (Wildman–Crippen LogP) is 7.38. The molecule has 1 aliphatic rings. The highest BCUT2D eigenvalue weighted by atomic mass is 35.5. The molecule has 0 atom stereocenters. The van der Waals surface area contributed by atoms with E-state index >= 15 is 0 Å². The molecule has 5 aromatic rings. The molecule has 316 valence electrons. The van der Waals surface area contributed by atoms with Gasteiger partial charge in [0.05, 0.1) is 35.5 Å². The first-order chi connectivity index (χ1) is 28.9. The molecule has 4 aromatic carbocycles. The Morgan fingerprint density at radius 3 is 2.30 bits per heavy atom. The lowest BCUT2D eigenvalue weighted by molar-refractivity contribution is -0.118. The van der Waals surface area contributed by atoms with E-state index in [1.54, 1.807) is 65.6 Å². The molecular weight excluding hydrogens is 808 g/mol. The molecule has 0 radical (unpaired) electrons. The van der Waals surface area contributed by atoms with Gasteiger partial charge in [-0.25, -0.2) is 8.42 Å². The third-order valence-electron chi connectivity index (χ3n) is 9.83. The Kier molecular flexibility index (Phi) is 14.8. The van der Waals surface area contributed by atoms with Crippen LogP contribution in [0, 0.1) is 6.92 Å². The third-order valence-corrected chi connectivity index (χ3v) is 12.0. The number of amides is 3. The van der Waals surface area contributed by atoms with E-state index in [1.165, 1.54) is 29.6 Å². The minimum absolute atomic E-state index is 0.00821. The summed E-state index contributed by atoms with van der Waals surface area (Å²) in [7, 11) is -2.59. The number of rotatable bonds is 18. The second-order valence-electron chi connectivity index (χ2n) is 14.1. The molecule has 3 amide bonds. The number of hydrogen-bond donors (Lipinski definition) is 3. The molecule has 0 bridgehead atoms. The lowest BCUT2D eigenvalue weighted by atomic mass is 10.1. The summed E-state index contributed by atoms with van der Waals surface area (Å²) >= 11 is 6.30. The van der Waals surface area contributed by atoms with Gasteiger partial charge in [-0.2, -0.15) is 4.31 Å². The molecule has 0 saturated carbocycles. The maximum Gasteiger partial charge on any atom is 0.262 e. The fraction of sp³-hybridized carbons (Fsp3) is 0.318. The first kappa shape index (κ1) is 43.7. The number of para-hydroxylation sites is 2. The van der Waals surface area contributed by atoms with Crippen molar-refractivity contribution < 1.29 is 37.0 Å². The van der Waals surface area contributed by atoms with Gasteiger partial charge in [-0.15, -0.1) is 0 Å². The predicted molar refractivity (Wildman–Crippen MR) is 233 cm³/mol. The number of methoxy groups -OCH3 is 1. The second-order valence-corrected chi connectivity index (χ2v) is 16.5. The Balaban J connectivity index is 1.19. The third kappa shape index (κ3) is 11.2. The van der Waals surface area contributed by atoms with Crippen LogP contribution in [-0.4, -0.2) is 93.4 Å². The van der Waals surface area contributed by atoms with Crippen LogP contribution in [0.25, 0.3) is 10.9 Å². The van der Waals surface area contributed by atoms with Crippen LogP contribution < -0.4 is 30.2 Å². The Hall–Kier alpha value is -5.90. The smallest absolute Gasteiger partial charge is 0.262 e. The second kappa shape index (κ2) is 20.4. The van der Waals surface area contributed by atoms with Crippen LogP contribution in [0.3, 0.4) is 0 Å². The van der Waals surface area contributed by atoms with E-state index < -0.39 is 28.4 Å².